The van der Waals surface area contributed by atoms with Crippen molar-refractivity contribution in [2.45, 2.75) is 19.8 Å². The molecule has 0 aliphatic rings. The average molecular weight is 258 g/mol. The zero-order chi connectivity index (χ0) is 13.8. The number of nitrogens with two attached hydrogens (primary N) is 1. The number of aromatic nitrogens is 1. The molecule has 0 unspecified atom stereocenters. The Bertz CT molecular complexity index is 573. The fourth-order valence-corrected chi connectivity index (χ4v) is 2.17. The third-order valence-corrected chi connectivity index (χ3v) is 3.22. The normalized spacial score (nSPS) is 10.4. The van der Waals surface area contributed by atoms with E-state index in [1.54, 1.807) is 0 Å². The van der Waals surface area contributed by atoms with Gasteiger partial charge in [0.25, 0.3) is 0 Å². The maximum atomic E-state index is 11.6. The van der Waals surface area contributed by atoms with Crippen LogP contribution in [0, 0.1) is 0 Å². The number of esters is 1. The summed E-state index contributed by atoms with van der Waals surface area (Å²) in [5, 5.41) is 0. The molecule has 100 valence electrons. The van der Waals surface area contributed by atoms with E-state index in [1.807, 2.05) is 43.3 Å². The second kappa shape index (κ2) is 5.61. The zero-order valence-electron chi connectivity index (χ0n) is 11.2. The first-order valence-corrected chi connectivity index (χ1v) is 6.28. The molecule has 1 heterocycles. The SMILES string of the molecule is CCc1cc(C(=O)OC)n(N)c1Cc1ccccc1. The Labute approximate surface area is 112 Å². The van der Waals surface area contributed by atoms with Gasteiger partial charge in [-0.15, -0.1) is 0 Å². The van der Waals surface area contributed by atoms with Crippen LogP contribution in [0.4, 0.5) is 0 Å². The predicted molar refractivity (Wildman–Crippen MR) is 74.5 cm³/mol. The van der Waals surface area contributed by atoms with Gasteiger partial charge in [-0.2, -0.15) is 0 Å². The fraction of sp³-hybridized carbons (Fsp3) is 0.267. The largest absolute Gasteiger partial charge is 0.464 e. The number of nitrogens with zero attached hydrogens (tertiary/aromatic N) is 1. The molecule has 0 aliphatic carbocycles. The monoisotopic (exact) mass is 258 g/mol. The van der Waals surface area contributed by atoms with Crippen molar-refractivity contribution in [2.24, 2.45) is 0 Å². The van der Waals surface area contributed by atoms with Crippen LogP contribution in [0.5, 0.6) is 0 Å². The van der Waals surface area contributed by atoms with Gasteiger partial charge in [0.05, 0.1) is 7.11 Å². The summed E-state index contributed by atoms with van der Waals surface area (Å²) in [6.07, 6.45) is 1.54. The van der Waals surface area contributed by atoms with Gasteiger partial charge in [-0.1, -0.05) is 37.3 Å². The molecule has 1 aromatic carbocycles. The van der Waals surface area contributed by atoms with E-state index in [9.17, 15) is 4.79 Å². The number of hydrogen-bond donors (Lipinski definition) is 1. The Kier molecular flexibility index (Phi) is 3.90. The van der Waals surface area contributed by atoms with Crippen molar-refractivity contribution in [3.8, 4) is 0 Å². The highest BCUT2D eigenvalue weighted by molar-refractivity contribution is 5.88. The molecule has 0 fully saturated rings. The number of ether oxygens (including phenoxy) is 1. The minimum atomic E-state index is -0.406. The highest BCUT2D eigenvalue weighted by Crippen LogP contribution is 2.19. The lowest BCUT2D eigenvalue weighted by molar-refractivity contribution is 0.0590. The van der Waals surface area contributed by atoms with Crippen LogP contribution in [0.1, 0.15) is 34.2 Å². The van der Waals surface area contributed by atoms with Gasteiger partial charge in [0.2, 0.25) is 0 Å². The minimum absolute atomic E-state index is 0.394. The summed E-state index contributed by atoms with van der Waals surface area (Å²) in [4.78, 5) is 11.6. The first-order valence-electron chi connectivity index (χ1n) is 6.28. The Balaban J connectivity index is 2.39. The van der Waals surface area contributed by atoms with Gasteiger partial charge < -0.3 is 10.6 Å². The summed E-state index contributed by atoms with van der Waals surface area (Å²) in [6, 6.07) is 11.9. The topological polar surface area (TPSA) is 57.2 Å². The van der Waals surface area contributed by atoms with Crippen molar-refractivity contribution in [1.82, 2.24) is 4.68 Å². The van der Waals surface area contributed by atoms with Crippen molar-refractivity contribution in [3.63, 3.8) is 0 Å². The molecular formula is C15H18N2O2. The average Bonchev–Trinajstić information content (AvgIpc) is 2.76. The van der Waals surface area contributed by atoms with E-state index in [0.717, 1.165) is 17.7 Å². The third-order valence-electron chi connectivity index (χ3n) is 3.22. The molecule has 0 saturated carbocycles. The van der Waals surface area contributed by atoms with Crippen LogP contribution in [0.25, 0.3) is 0 Å². The van der Waals surface area contributed by atoms with Crippen LogP contribution in [-0.4, -0.2) is 17.8 Å². The fourth-order valence-electron chi connectivity index (χ4n) is 2.17. The van der Waals surface area contributed by atoms with Crippen LogP contribution >= 0.6 is 0 Å². The zero-order valence-corrected chi connectivity index (χ0v) is 11.2. The first kappa shape index (κ1) is 13.2. The maximum Gasteiger partial charge on any atom is 0.356 e. The molecule has 0 aliphatic heterocycles. The highest BCUT2D eigenvalue weighted by atomic mass is 16.5. The summed E-state index contributed by atoms with van der Waals surface area (Å²) < 4.78 is 6.18. The molecule has 19 heavy (non-hydrogen) atoms. The molecule has 1 aromatic heterocycles. The molecule has 0 spiro atoms. The second-order valence-electron chi connectivity index (χ2n) is 4.38. The van der Waals surface area contributed by atoms with Crippen LogP contribution in [0.15, 0.2) is 36.4 Å². The van der Waals surface area contributed by atoms with E-state index < -0.39 is 5.97 Å². The summed E-state index contributed by atoms with van der Waals surface area (Å²) in [7, 11) is 1.36. The Morgan fingerprint density at radius 3 is 2.58 bits per heavy atom. The lowest BCUT2D eigenvalue weighted by Gasteiger charge is -2.08. The third kappa shape index (κ3) is 2.62. The summed E-state index contributed by atoms with van der Waals surface area (Å²) in [5.41, 5.74) is 3.59. The van der Waals surface area contributed by atoms with E-state index in [4.69, 9.17) is 10.6 Å². The number of hydrogen-bond acceptors (Lipinski definition) is 3. The molecule has 2 rings (SSSR count). The van der Waals surface area contributed by atoms with Gasteiger partial charge in [-0.3, -0.25) is 4.68 Å². The van der Waals surface area contributed by atoms with Crippen LogP contribution < -0.4 is 5.84 Å². The maximum absolute atomic E-state index is 11.6. The van der Waals surface area contributed by atoms with Gasteiger partial charge in [0.1, 0.15) is 5.69 Å². The van der Waals surface area contributed by atoms with Crippen molar-refractivity contribution < 1.29 is 9.53 Å². The van der Waals surface area contributed by atoms with Gasteiger partial charge in [0.15, 0.2) is 0 Å². The van der Waals surface area contributed by atoms with E-state index >= 15 is 0 Å². The van der Waals surface area contributed by atoms with Crippen molar-refractivity contribution in [2.75, 3.05) is 13.0 Å². The van der Waals surface area contributed by atoms with Crippen molar-refractivity contribution in [3.05, 3.63) is 58.9 Å². The Morgan fingerprint density at radius 1 is 1.32 bits per heavy atom. The molecular weight excluding hydrogens is 240 g/mol. The van der Waals surface area contributed by atoms with Crippen LogP contribution in [-0.2, 0) is 17.6 Å². The quantitative estimate of drug-likeness (QED) is 0.675. The van der Waals surface area contributed by atoms with E-state index in [2.05, 4.69) is 0 Å². The predicted octanol–water partition coefficient (Wildman–Crippen LogP) is 2.14. The molecule has 0 amide bonds. The lowest BCUT2D eigenvalue weighted by Crippen LogP contribution is -2.20. The Hall–Kier alpha value is -2.23. The van der Waals surface area contributed by atoms with Crippen molar-refractivity contribution >= 4 is 5.97 Å². The summed E-state index contributed by atoms with van der Waals surface area (Å²) >= 11 is 0. The van der Waals surface area contributed by atoms with Gasteiger partial charge in [-0.25, -0.2) is 4.79 Å². The summed E-state index contributed by atoms with van der Waals surface area (Å²) in [5.74, 6) is 5.61. The number of rotatable bonds is 4. The van der Waals surface area contributed by atoms with Gasteiger partial charge >= 0.3 is 5.97 Å². The molecule has 0 radical (unpaired) electrons. The van der Waals surface area contributed by atoms with Crippen LogP contribution in [0.2, 0.25) is 0 Å². The van der Waals surface area contributed by atoms with E-state index in [0.29, 0.717) is 12.1 Å². The van der Waals surface area contributed by atoms with E-state index in [1.165, 1.54) is 17.3 Å². The molecule has 0 atom stereocenters. The molecule has 0 saturated heterocycles. The first-order chi connectivity index (χ1) is 9.17. The number of aryl methyl sites for hydroxylation is 1. The molecule has 2 aromatic rings. The lowest BCUT2D eigenvalue weighted by atomic mass is 10.1. The van der Waals surface area contributed by atoms with Crippen LogP contribution in [0.3, 0.4) is 0 Å². The number of carbonyl (C=O) groups excluding carboxylic acids is 1. The highest BCUT2D eigenvalue weighted by Gasteiger charge is 2.18. The molecule has 0 bridgehead atoms. The Morgan fingerprint density at radius 2 is 2.00 bits per heavy atom. The number of benzene rings is 1. The minimum Gasteiger partial charge on any atom is -0.464 e. The number of nitrogen functional groups attached to an aromatic ring is 1. The van der Waals surface area contributed by atoms with E-state index in [-0.39, 0.29) is 0 Å². The molecule has 4 nitrogen and oxygen atoms in total. The van der Waals surface area contributed by atoms with Gasteiger partial charge in [0, 0.05) is 12.1 Å². The standard InChI is InChI=1S/C15H18N2O2/c1-3-12-10-14(15(18)19-2)17(16)13(12)9-11-7-5-4-6-8-11/h4-8,10H,3,9,16H2,1-2H3. The second-order valence-corrected chi connectivity index (χ2v) is 4.38. The number of methoxy groups -OCH3 is 1. The van der Waals surface area contributed by atoms with Gasteiger partial charge in [-0.05, 0) is 23.6 Å². The molecule has 4 heteroatoms. The summed E-state index contributed by atoms with van der Waals surface area (Å²) in [6.45, 7) is 2.05. The number of carbonyl (C=O) groups is 1. The van der Waals surface area contributed by atoms with Crippen molar-refractivity contribution in [1.29, 1.82) is 0 Å². The molecule has 2 N–H and O–H groups in total. The smallest absolute Gasteiger partial charge is 0.356 e.